The van der Waals surface area contributed by atoms with Gasteiger partial charge < -0.3 is 0 Å². The van der Waals surface area contributed by atoms with E-state index in [0.717, 1.165) is 0 Å². The second-order valence-electron chi connectivity index (χ2n) is 10.1. The molecule has 188 valence electrons. The van der Waals surface area contributed by atoms with Crippen molar-refractivity contribution in [2.45, 2.75) is 0 Å². The van der Waals surface area contributed by atoms with Crippen molar-refractivity contribution in [3.63, 3.8) is 0 Å². The third-order valence-electron chi connectivity index (χ3n) is 7.87. The molecule has 0 amide bonds. The Kier molecular flexibility index (Phi) is 5.32. The summed E-state index contributed by atoms with van der Waals surface area (Å²) >= 11 is 0.788. The maximum atomic E-state index is 2.64. The molecule has 0 aliphatic rings. The molecule has 0 fully saturated rings. The molecule has 0 bridgehead atoms. The average molecular weight is 704 g/mol. The van der Waals surface area contributed by atoms with Crippen molar-refractivity contribution in [1.29, 1.82) is 0 Å². The van der Waals surface area contributed by atoms with Crippen molar-refractivity contribution in [2.75, 3.05) is 4.90 Å². The summed E-state index contributed by atoms with van der Waals surface area (Å²) < 4.78 is 8.96. The number of rotatable bonds is 3. The number of nitrogens with zero attached hydrogens (tertiary/aromatic N) is 1. The van der Waals surface area contributed by atoms with Gasteiger partial charge in [-0.2, -0.15) is 0 Å². The first-order valence-electron chi connectivity index (χ1n) is 13.4. The summed E-state index contributed by atoms with van der Waals surface area (Å²) in [5.74, 6) is 0. The predicted molar refractivity (Wildman–Crippen MR) is 177 cm³/mol. The molecule has 0 atom stereocenters. The third-order valence-corrected chi connectivity index (χ3v) is 15.5. The van der Waals surface area contributed by atoms with Gasteiger partial charge in [-0.15, -0.1) is 0 Å². The number of hydrogen-bond acceptors (Lipinski definition) is 1. The number of anilines is 3. The van der Waals surface area contributed by atoms with Crippen LogP contribution >= 0.6 is 0 Å². The van der Waals surface area contributed by atoms with Crippen LogP contribution in [0.1, 0.15) is 0 Å². The van der Waals surface area contributed by atoms with Crippen LogP contribution in [0, 0.1) is 0 Å². The van der Waals surface area contributed by atoms with E-state index in [4.69, 9.17) is 0 Å². The fourth-order valence-electron chi connectivity index (χ4n) is 6.11. The van der Waals surface area contributed by atoms with Crippen molar-refractivity contribution in [1.82, 2.24) is 0 Å². The van der Waals surface area contributed by atoms with E-state index in [9.17, 15) is 0 Å². The number of benzene rings is 6. The van der Waals surface area contributed by atoms with Crippen molar-refractivity contribution in [3.05, 3.63) is 127 Å². The quantitative estimate of drug-likeness (QED) is 0.166. The standard InChI is InChI=1S/C36H21NSe3/c1-4-19-31-22(10-1)25-13-7-16-28(34(25)38-31)37(29-17-8-14-26-23-11-2-5-20-32(23)39-35(26)29)30-18-9-15-27-24-12-3-6-21-33(24)40-36(27)30/h1-21H. The second kappa shape index (κ2) is 9.10. The molecular weight excluding hydrogens is 683 g/mol. The van der Waals surface area contributed by atoms with Gasteiger partial charge in [0.25, 0.3) is 0 Å². The van der Waals surface area contributed by atoms with E-state index in [1.807, 2.05) is 0 Å². The predicted octanol–water partition coefficient (Wildman–Crippen LogP) is 9.25. The Balaban J connectivity index is 1.43. The van der Waals surface area contributed by atoms with Crippen molar-refractivity contribution in [2.24, 2.45) is 0 Å². The molecule has 9 rings (SSSR count). The molecule has 0 aliphatic heterocycles. The minimum absolute atomic E-state index is 0.263. The van der Waals surface area contributed by atoms with Crippen LogP contribution in [0.4, 0.5) is 17.1 Å². The van der Waals surface area contributed by atoms with Gasteiger partial charge in [0.2, 0.25) is 0 Å². The molecule has 9 aromatic rings. The van der Waals surface area contributed by atoms with E-state index in [0.29, 0.717) is 0 Å². The van der Waals surface area contributed by atoms with E-state index in [2.05, 4.69) is 132 Å². The SMILES string of the molecule is c1ccc2c(c1)[se]c1c(N(c3cccc4c3[se]c3ccccc34)c3cccc4c3[se]c3ccccc34)cccc12. The zero-order valence-electron chi connectivity index (χ0n) is 21.3. The molecule has 0 N–H and O–H groups in total. The maximum absolute atomic E-state index is 2.64. The Labute approximate surface area is 249 Å². The van der Waals surface area contributed by atoms with Crippen LogP contribution < -0.4 is 4.90 Å². The van der Waals surface area contributed by atoms with Crippen LogP contribution in [-0.2, 0) is 0 Å². The summed E-state index contributed by atoms with van der Waals surface area (Å²) in [5.41, 5.74) is 4.03. The number of hydrogen-bond donors (Lipinski definition) is 0. The summed E-state index contributed by atoms with van der Waals surface area (Å²) in [6.45, 7) is 0. The molecule has 6 aromatic carbocycles. The zero-order chi connectivity index (χ0) is 26.2. The summed E-state index contributed by atoms with van der Waals surface area (Å²) in [7, 11) is 0. The van der Waals surface area contributed by atoms with Crippen LogP contribution in [-0.4, -0.2) is 43.5 Å². The van der Waals surface area contributed by atoms with Gasteiger partial charge in [-0.1, -0.05) is 0 Å². The van der Waals surface area contributed by atoms with Gasteiger partial charge in [0.15, 0.2) is 0 Å². The fourth-order valence-corrected chi connectivity index (χ4v) is 13.7. The third kappa shape index (κ3) is 3.39. The zero-order valence-corrected chi connectivity index (χ0v) is 26.4. The molecule has 40 heavy (non-hydrogen) atoms. The van der Waals surface area contributed by atoms with Crippen LogP contribution in [0.25, 0.3) is 57.9 Å². The van der Waals surface area contributed by atoms with Gasteiger partial charge in [-0.3, -0.25) is 0 Å². The Morgan fingerprint density at radius 1 is 0.300 bits per heavy atom. The first kappa shape index (κ1) is 23.4. The van der Waals surface area contributed by atoms with Crippen molar-refractivity contribution >= 4 is 118 Å². The molecular formula is C36H21NSe3. The average Bonchev–Trinajstić information content (AvgIpc) is 3.70. The molecule has 0 unspecified atom stereocenters. The molecule has 0 saturated carbocycles. The van der Waals surface area contributed by atoms with Gasteiger partial charge in [-0.05, 0) is 0 Å². The van der Waals surface area contributed by atoms with Crippen LogP contribution in [0.5, 0.6) is 0 Å². The molecule has 3 aromatic heterocycles. The Hall–Kier alpha value is -3.32. The first-order chi connectivity index (χ1) is 19.8. The van der Waals surface area contributed by atoms with E-state index >= 15 is 0 Å². The summed E-state index contributed by atoms with van der Waals surface area (Å²) in [4.78, 5) is 2.64. The van der Waals surface area contributed by atoms with Crippen molar-refractivity contribution < 1.29 is 0 Å². The van der Waals surface area contributed by atoms with E-state index in [-0.39, 0.29) is 43.5 Å². The van der Waals surface area contributed by atoms with Crippen LogP contribution in [0.15, 0.2) is 127 Å². The molecule has 0 radical (unpaired) electrons. The monoisotopic (exact) mass is 707 g/mol. The van der Waals surface area contributed by atoms with Gasteiger partial charge >= 0.3 is 251 Å². The van der Waals surface area contributed by atoms with E-state index < -0.39 is 0 Å². The fraction of sp³-hybridized carbons (Fsp3) is 0. The number of fused-ring (bicyclic) bond motifs is 9. The Morgan fingerprint density at radius 3 is 0.950 bits per heavy atom. The van der Waals surface area contributed by atoms with Crippen LogP contribution in [0.3, 0.4) is 0 Å². The van der Waals surface area contributed by atoms with E-state index in [1.165, 1.54) is 74.9 Å². The van der Waals surface area contributed by atoms with Gasteiger partial charge in [0.05, 0.1) is 0 Å². The summed E-state index contributed by atoms with van der Waals surface area (Å²) in [6, 6.07) is 47.9. The van der Waals surface area contributed by atoms with E-state index in [1.54, 1.807) is 0 Å². The molecule has 4 heteroatoms. The Morgan fingerprint density at radius 2 is 0.600 bits per heavy atom. The van der Waals surface area contributed by atoms with Crippen molar-refractivity contribution in [3.8, 4) is 0 Å². The Bertz CT molecular complexity index is 2130. The molecule has 1 nitrogen and oxygen atoms in total. The molecule has 0 aliphatic carbocycles. The van der Waals surface area contributed by atoms with Crippen LogP contribution in [0.2, 0.25) is 0 Å². The molecule has 0 spiro atoms. The normalized spacial score (nSPS) is 12.0. The molecule has 0 saturated heterocycles. The summed E-state index contributed by atoms with van der Waals surface area (Å²) in [5, 5.41) is 8.43. The summed E-state index contributed by atoms with van der Waals surface area (Å²) in [6.07, 6.45) is 0. The topological polar surface area (TPSA) is 3.24 Å². The van der Waals surface area contributed by atoms with Gasteiger partial charge in [0, 0.05) is 0 Å². The second-order valence-corrected chi connectivity index (χ2v) is 16.7. The van der Waals surface area contributed by atoms with Gasteiger partial charge in [-0.25, -0.2) is 0 Å². The minimum atomic E-state index is 0.263. The first-order valence-corrected chi connectivity index (χ1v) is 18.5. The molecule has 3 heterocycles. The van der Waals surface area contributed by atoms with Gasteiger partial charge in [0.1, 0.15) is 0 Å².